The highest BCUT2D eigenvalue weighted by Crippen LogP contribution is 1.87. The summed E-state index contributed by atoms with van der Waals surface area (Å²) in [4.78, 5) is 11.7. The quantitative estimate of drug-likeness (QED) is 0.517. The van der Waals surface area contributed by atoms with Crippen LogP contribution in [-0.4, -0.2) is 60.0 Å². The first-order valence-corrected chi connectivity index (χ1v) is 3.51. The summed E-state index contributed by atoms with van der Waals surface area (Å²) in [6.45, 7) is -0.494. The molecule has 0 bridgehead atoms. The summed E-state index contributed by atoms with van der Waals surface area (Å²) in [6.07, 6.45) is -1.51. The fourth-order valence-corrected chi connectivity index (χ4v) is 0.266. The molecule has 1 atom stereocenters. The molecule has 3 N–H and O–H groups in total. The Morgan fingerprint density at radius 2 is 1.75 bits per heavy atom. The maximum absolute atomic E-state index is 9.70. The normalized spacial score (nSPS) is 11.8. The van der Waals surface area contributed by atoms with E-state index in [4.69, 9.17) is 15.3 Å². The molecular formula is C7H17NO4. The Morgan fingerprint density at radius 1 is 1.42 bits per heavy atom. The highest BCUT2D eigenvalue weighted by atomic mass is 16.4. The van der Waals surface area contributed by atoms with E-state index in [1.165, 1.54) is 0 Å². The zero-order valence-corrected chi connectivity index (χ0v) is 7.69. The fraction of sp³-hybridized carbons (Fsp3) is 0.857. The topological polar surface area (TPSA) is 81.0 Å². The van der Waals surface area contributed by atoms with Crippen LogP contribution in [-0.2, 0) is 4.79 Å². The predicted octanol–water partition coefficient (Wildman–Crippen LogP) is -1.01. The molecule has 0 radical (unpaired) electrons. The van der Waals surface area contributed by atoms with Crippen LogP contribution in [0.2, 0.25) is 0 Å². The van der Waals surface area contributed by atoms with Crippen LogP contribution in [0.5, 0.6) is 0 Å². The Labute approximate surface area is 72.2 Å². The van der Waals surface area contributed by atoms with Gasteiger partial charge in [0.05, 0.1) is 19.1 Å². The second-order valence-electron chi connectivity index (χ2n) is 2.78. The number of nitrogens with zero attached hydrogens (tertiary/aromatic N) is 1. The maximum atomic E-state index is 9.70. The largest absolute Gasteiger partial charge is 0.481 e. The van der Waals surface area contributed by atoms with Crippen LogP contribution in [0, 0.1) is 0 Å². The van der Waals surface area contributed by atoms with Gasteiger partial charge in [-0.1, -0.05) is 0 Å². The average Bonchev–Trinajstić information content (AvgIpc) is 1.84. The molecule has 0 aliphatic rings. The van der Waals surface area contributed by atoms with E-state index in [0.29, 0.717) is 0 Å². The second-order valence-corrected chi connectivity index (χ2v) is 2.78. The van der Waals surface area contributed by atoms with Crippen molar-refractivity contribution in [2.45, 2.75) is 12.5 Å². The lowest BCUT2D eigenvalue weighted by atomic mass is 10.3. The second kappa shape index (κ2) is 8.45. The van der Waals surface area contributed by atoms with Crippen LogP contribution in [0.25, 0.3) is 0 Å². The van der Waals surface area contributed by atoms with Crippen LogP contribution >= 0.6 is 0 Å². The van der Waals surface area contributed by atoms with E-state index < -0.39 is 25.1 Å². The van der Waals surface area contributed by atoms with E-state index >= 15 is 0 Å². The van der Waals surface area contributed by atoms with Crippen LogP contribution in [0.4, 0.5) is 0 Å². The third-order valence-electron chi connectivity index (χ3n) is 0.621. The molecule has 0 amide bonds. The molecular weight excluding hydrogens is 162 g/mol. The summed E-state index contributed by atoms with van der Waals surface area (Å²) in [7, 11) is 6.00. The van der Waals surface area contributed by atoms with Gasteiger partial charge in [-0.2, -0.15) is 0 Å². The van der Waals surface area contributed by atoms with Gasteiger partial charge in [-0.15, -0.1) is 0 Å². The van der Waals surface area contributed by atoms with Gasteiger partial charge in [0.1, 0.15) is 0 Å². The number of carbonyl (C=O) groups is 1. The minimum Gasteiger partial charge on any atom is -0.481 e. The molecule has 12 heavy (non-hydrogen) atoms. The highest BCUT2D eigenvalue weighted by molar-refractivity contribution is 5.67. The maximum Gasteiger partial charge on any atom is 0.306 e. The van der Waals surface area contributed by atoms with Crippen LogP contribution in [0.15, 0.2) is 0 Å². The molecule has 0 saturated heterocycles. The van der Waals surface area contributed by atoms with Gasteiger partial charge in [0.25, 0.3) is 0 Å². The van der Waals surface area contributed by atoms with Gasteiger partial charge in [0, 0.05) is 0 Å². The zero-order chi connectivity index (χ0) is 10.1. The Balaban J connectivity index is 0. The van der Waals surface area contributed by atoms with Crippen molar-refractivity contribution in [3.05, 3.63) is 0 Å². The SMILES string of the molecule is CN(C)C.O=C(O)CC(O)CO. The van der Waals surface area contributed by atoms with Gasteiger partial charge in [-0.3, -0.25) is 4.79 Å². The number of rotatable bonds is 3. The van der Waals surface area contributed by atoms with Crippen molar-refractivity contribution >= 4 is 5.97 Å². The zero-order valence-electron chi connectivity index (χ0n) is 7.69. The van der Waals surface area contributed by atoms with Crippen LogP contribution in [0.3, 0.4) is 0 Å². The van der Waals surface area contributed by atoms with Crippen molar-refractivity contribution in [3.63, 3.8) is 0 Å². The van der Waals surface area contributed by atoms with Crippen LogP contribution < -0.4 is 0 Å². The predicted molar refractivity (Wildman–Crippen MR) is 45.0 cm³/mol. The van der Waals surface area contributed by atoms with Gasteiger partial charge in [0.2, 0.25) is 0 Å². The lowest BCUT2D eigenvalue weighted by Gasteiger charge is -1.99. The lowest BCUT2D eigenvalue weighted by molar-refractivity contribution is -0.139. The standard InChI is InChI=1S/C4H8O4.C3H9N/c5-2-3(6)1-4(7)8;1-4(2)3/h3,5-6H,1-2H2,(H,7,8);1-3H3. The molecule has 0 aromatic carbocycles. The molecule has 0 heterocycles. The van der Waals surface area contributed by atoms with Gasteiger partial charge in [-0.25, -0.2) is 0 Å². The minimum atomic E-state index is -1.12. The Morgan fingerprint density at radius 3 is 1.83 bits per heavy atom. The molecule has 0 aromatic rings. The third kappa shape index (κ3) is 22.8. The first-order valence-electron chi connectivity index (χ1n) is 3.51. The van der Waals surface area contributed by atoms with Crippen molar-refractivity contribution < 1.29 is 20.1 Å². The van der Waals surface area contributed by atoms with E-state index in [1.54, 1.807) is 0 Å². The summed E-state index contributed by atoms with van der Waals surface area (Å²) in [5, 5.41) is 24.4. The van der Waals surface area contributed by atoms with Crippen LogP contribution in [0.1, 0.15) is 6.42 Å². The number of aliphatic hydroxyl groups excluding tert-OH is 2. The van der Waals surface area contributed by atoms with Crippen molar-refractivity contribution in [2.75, 3.05) is 27.7 Å². The smallest absolute Gasteiger partial charge is 0.306 e. The van der Waals surface area contributed by atoms with Crippen molar-refractivity contribution in [2.24, 2.45) is 0 Å². The van der Waals surface area contributed by atoms with Crippen molar-refractivity contribution in [1.29, 1.82) is 0 Å². The molecule has 0 aliphatic carbocycles. The molecule has 5 heteroatoms. The number of aliphatic hydroxyl groups is 2. The molecule has 0 spiro atoms. The number of carboxylic acid groups (broad SMARTS) is 1. The van der Waals surface area contributed by atoms with Crippen molar-refractivity contribution in [1.82, 2.24) is 4.90 Å². The van der Waals surface area contributed by atoms with E-state index in [2.05, 4.69) is 0 Å². The summed E-state index contributed by atoms with van der Waals surface area (Å²) >= 11 is 0. The third-order valence-corrected chi connectivity index (χ3v) is 0.621. The molecule has 0 aromatic heterocycles. The molecule has 0 aliphatic heterocycles. The number of hydrogen-bond acceptors (Lipinski definition) is 4. The Hall–Kier alpha value is -0.650. The van der Waals surface area contributed by atoms with Gasteiger partial charge >= 0.3 is 5.97 Å². The number of carboxylic acids is 1. The first-order chi connectivity index (χ1) is 5.40. The summed E-state index contributed by atoms with van der Waals surface area (Å²) in [5.41, 5.74) is 0. The molecule has 0 fully saturated rings. The number of aliphatic carboxylic acids is 1. The molecule has 5 nitrogen and oxygen atoms in total. The monoisotopic (exact) mass is 179 g/mol. The Kier molecular flexibility index (Phi) is 9.79. The average molecular weight is 179 g/mol. The van der Waals surface area contributed by atoms with Crippen molar-refractivity contribution in [3.8, 4) is 0 Å². The molecule has 0 rings (SSSR count). The lowest BCUT2D eigenvalue weighted by Crippen LogP contribution is -2.16. The first kappa shape index (κ1) is 13.9. The van der Waals surface area contributed by atoms with E-state index in [-0.39, 0.29) is 0 Å². The highest BCUT2D eigenvalue weighted by Gasteiger charge is 2.05. The molecule has 0 saturated carbocycles. The van der Waals surface area contributed by atoms with E-state index in [1.807, 2.05) is 26.0 Å². The minimum absolute atomic E-state index is 0.392. The van der Waals surface area contributed by atoms with E-state index in [0.717, 1.165) is 0 Å². The summed E-state index contributed by atoms with van der Waals surface area (Å²) in [6, 6.07) is 0. The van der Waals surface area contributed by atoms with E-state index in [9.17, 15) is 4.79 Å². The van der Waals surface area contributed by atoms with Gasteiger partial charge < -0.3 is 20.2 Å². The fourth-order valence-electron chi connectivity index (χ4n) is 0.266. The van der Waals surface area contributed by atoms with Gasteiger partial charge in [0.15, 0.2) is 0 Å². The molecule has 74 valence electrons. The molecule has 1 unspecified atom stereocenters. The Bertz CT molecular complexity index is 113. The number of hydrogen-bond donors (Lipinski definition) is 3. The summed E-state index contributed by atoms with van der Waals surface area (Å²) in [5.74, 6) is -1.11. The van der Waals surface area contributed by atoms with Gasteiger partial charge in [-0.05, 0) is 21.1 Å². The summed E-state index contributed by atoms with van der Waals surface area (Å²) < 4.78 is 0.